The van der Waals surface area contributed by atoms with Gasteiger partial charge in [-0.15, -0.1) is 23.5 Å². The first kappa shape index (κ1) is 20.0. The summed E-state index contributed by atoms with van der Waals surface area (Å²) in [5.74, 6) is 0.339. The van der Waals surface area contributed by atoms with E-state index in [0.29, 0.717) is 0 Å². The number of thioether (sulfide) groups is 2. The molecular weight excluding hydrogens is 336 g/mol. The van der Waals surface area contributed by atoms with Crippen molar-refractivity contribution in [1.82, 2.24) is 0 Å². The van der Waals surface area contributed by atoms with Gasteiger partial charge in [0.2, 0.25) is 0 Å². The van der Waals surface area contributed by atoms with Gasteiger partial charge in [0.05, 0.1) is 0 Å². The number of phenolic OH excluding ortho intramolecular Hbond substituents is 2. The molecule has 0 radical (unpaired) electrons. The number of rotatable bonds is 2. The molecule has 0 saturated carbocycles. The third-order valence-corrected chi connectivity index (χ3v) is 4.29. The van der Waals surface area contributed by atoms with E-state index in [4.69, 9.17) is 10.2 Å². The monoisotopic (exact) mass is 358 g/mol. The topological polar surface area (TPSA) is 40.5 Å². The van der Waals surface area contributed by atoms with Gasteiger partial charge < -0.3 is 10.2 Å². The van der Waals surface area contributed by atoms with E-state index in [1.54, 1.807) is 23.5 Å². The lowest BCUT2D eigenvalue weighted by molar-refractivity contribution is 0.460. The maximum absolute atomic E-state index is 8.65. The molecule has 0 saturated heterocycles. The van der Waals surface area contributed by atoms with Gasteiger partial charge in [0, 0.05) is 9.79 Å². The second kappa shape index (κ2) is 12.4. The first-order valence-electron chi connectivity index (χ1n) is 7.31. The fraction of sp³-hybridized carbons (Fsp3) is 0.100. The fourth-order valence-electron chi connectivity index (χ4n) is 1.57. The van der Waals surface area contributed by atoms with Crippen molar-refractivity contribution in [3.8, 4) is 11.5 Å². The Morgan fingerprint density at radius 2 is 0.792 bits per heavy atom. The molecule has 0 aromatic heterocycles. The second-order valence-electron chi connectivity index (χ2n) is 4.55. The Kier molecular flexibility index (Phi) is 10.3. The molecule has 0 spiro atoms. The molecule has 2 N–H and O–H groups in total. The molecule has 4 heteroatoms. The zero-order chi connectivity index (χ0) is 17.6. The van der Waals surface area contributed by atoms with E-state index < -0.39 is 0 Å². The fourth-order valence-corrected chi connectivity index (χ4v) is 2.42. The minimum absolute atomic E-state index is 0.169. The van der Waals surface area contributed by atoms with Crippen LogP contribution in [0, 0.1) is 0 Å². The van der Waals surface area contributed by atoms with Gasteiger partial charge >= 0.3 is 0 Å². The molecule has 0 atom stereocenters. The molecule has 0 aliphatic carbocycles. The predicted octanol–water partition coefficient (Wildman–Crippen LogP) is 5.91. The van der Waals surface area contributed by atoms with E-state index in [2.05, 4.69) is 36.8 Å². The summed E-state index contributed by atoms with van der Waals surface area (Å²) >= 11 is 3.54. The van der Waals surface area contributed by atoms with Gasteiger partial charge in [0.25, 0.3) is 0 Å². The van der Waals surface area contributed by atoms with Gasteiger partial charge in [-0.1, -0.05) is 36.4 Å². The summed E-state index contributed by atoms with van der Waals surface area (Å²) in [5, 5.41) is 17.3. The molecular formula is C20H22O2S2. The number of benzene rings is 3. The molecule has 2 nitrogen and oxygen atoms in total. The quantitative estimate of drug-likeness (QED) is 0.441. The standard InChI is InChI=1S/2C7H8S.C6H6O2/c2*1-8-7-5-3-2-4-6-7;7-5-1-2-6(8)4-3-5/h2*2-6H,1H3;1-4,7-8H. The predicted molar refractivity (Wildman–Crippen MR) is 106 cm³/mol. The third-order valence-electron chi connectivity index (χ3n) is 2.81. The molecule has 0 fully saturated rings. The first-order valence-corrected chi connectivity index (χ1v) is 9.76. The minimum Gasteiger partial charge on any atom is -0.508 e. The van der Waals surface area contributed by atoms with Crippen molar-refractivity contribution in [2.24, 2.45) is 0 Å². The van der Waals surface area contributed by atoms with Gasteiger partial charge in [0.15, 0.2) is 0 Å². The van der Waals surface area contributed by atoms with Crippen LogP contribution in [-0.4, -0.2) is 22.7 Å². The van der Waals surface area contributed by atoms with Crippen molar-refractivity contribution in [1.29, 1.82) is 0 Å². The van der Waals surface area contributed by atoms with Crippen LogP contribution in [0.2, 0.25) is 0 Å². The minimum atomic E-state index is 0.169. The van der Waals surface area contributed by atoms with Crippen molar-refractivity contribution in [3.05, 3.63) is 84.9 Å². The number of phenols is 2. The van der Waals surface area contributed by atoms with E-state index in [1.165, 1.54) is 34.1 Å². The molecule has 3 aromatic rings. The van der Waals surface area contributed by atoms with Gasteiger partial charge in [-0.2, -0.15) is 0 Å². The van der Waals surface area contributed by atoms with E-state index in [1.807, 2.05) is 36.4 Å². The maximum atomic E-state index is 8.65. The highest BCUT2D eigenvalue weighted by atomic mass is 32.2. The Labute approximate surface area is 152 Å². The number of aromatic hydroxyl groups is 2. The van der Waals surface area contributed by atoms with Crippen molar-refractivity contribution < 1.29 is 10.2 Å². The van der Waals surface area contributed by atoms with Crippen LogP contribution in [0.25, 0.3) is 0 Å². The summed E-state index contributed by atoms with van der Waals surface area (Å²) in [6.45, 7) is 0. The highest BCUT2D eigenvalue weighted by molar-refractivity contribution is 7.98. The maximum Gasteiger partial charge on any atom is 0.115 e. The van der Waals surface area contributed by atoms with Gasteiger partial charge in [-0.3, -0.25) is 0 Å². The first-order chi connectivity index (χ1) is 11.7. The van der Waals surface area contributed by atoms with E-state index >= 15 is 0 Å². The average Bonchev–Trinajstić information content (AvgIpc) is 2.66. The lowest BCUT2D eigenvalue weighted by Gasteiger charge is -1.89. The Bertz CT molecular complexity index is 596. The van der Waals surface area contributed by atoms with Crippen LogP contribution >= 0.6 is 23.5 Å². The van der Waals surface area contributed by atoms with Crippen LogP contribution in [0.15, 0.2) is 94.7 Å². The molecule has 24 heavy (non-hydrogen) atoms. The van der Waals surface area contributed by atoms with Gasteiger partial charge in [0.1, 0.15) is 11.5 Å². The van der Waals surface area contributed by atoms with Crippen molar-refractivity contribution in [2.45, 2.75) is 9.79 Å². The molecule has 126 valence electrons. The van der Waals surface area contributed by atoms with Crippen molar-refractivity contribution in [2.75, 3.05) is 12.5 Å². The van der Waals surface area contributed by atoms with E-state index in [0.717, 1.165) is 0 Å². The largest absolute Gasteiger partial charge is 0.508 e. The van der Waals surface area contributed by atoms with Crippen LogP contribution in [0.5, 0.6) is 11.5 Å². The summed E-state index contributed by atoms with van der Waals surface area (Å²) in [6.07, 6.45) is 4.16. The summed E-state index contributed by atoms with van der Waals surface area (Å²) < 4.78 is 0. The third kappa shape index (κ3) is 9.18. The Balaban J connectivity index is 0.000000180. The number of hydrogen-bond donors (Lipinski definition) is 2. The lowest BCUT2D eigenvalue weighted by Crippen LogP contribution is -1.62. The highest BCUT2D eigenvalue weighted by Crippen LogP contribution is 2.13. The summed E-state index contributed by atoms with van der Waals surface area (Å²) in [7, 11) is 0. The molecule has 0 aliphatic heterocycles. The van der Waals surface area contributed by atoms with E-state index in [-0.39, 0.29) is 11.5 Å². The van der Waals surface area contributed by atoms with E-state index in [9.17, 15) is 0 Å². The van der Waals surface area contributed by atoms with Gasteiger partial charge in [-0.25, -0.2) is 0 Å². The summed E-state index contributed by atoms with van der Waals surface area (Å²) in [6, 6.07) is 26.4. The van der Waals surface area contributed by atoms with Crippen LogP contribution in [0.1, 0.15) is 0 Å². The SMILES string of the molecule is CSc1ccccc1.CSc1ccccc1.Oc1ccc(O)cc1. The van der Waals surface area contributed by atoms with Crippen molar-refractivity contribution >= 4 is 23.5 Å². The average molecular weight is 359 g/mol. The Morgan fingerprint density at radius 1 is 0.500 bits per heavy atom. The molecule has 0 heterocycles. The smallest absolute Gasteiger partial charge is 0.115 e. The summed E-state index contributed by atoms with van der Waals surface area (Å²) in [4.78, 5) is 2.65. The van der Waals surface area contributed by atoms with Crippen LogP contribution < -0.4 is 0 Å². The number of hydrogen-bond acceptors (Lipinski definition) is 4. The van der Waals surface area contributed by atoms with Crippen LogP contribution in [0.4, 0.5) is 0 Å². The molecule has 0 unspecified atom stereocenters. The normalized spacial score (nSPS) is 9.08. The highest BCUT2D eigenvalue weighted by Gasteiger charge is 1.84. The second-order valence-corrected chi connectivity index (χ2v) is 6.31. The lowest BCUT2D eigenvalue weighted by atomic mass is 10.3. The Hall–Kier alpha value is -2.04. The molecule has 3 aromatic carbocycles. The van der Waals surface area contributed by atoms with Gasteiger partial charge in [-0.05, 0) is 61.0 Å². The molecule has 0 amide bonds. The zero-order valence-electron chi connectivity index (χ0n) is 13.8. The van der Waals surface area contributed by atoms with Crippen molar-refractivity contribution in [3.63, 3.8) is 0 Å². The van der Waals surface area contributed by atoms with Crippen LogP contribution in [-0.2, 0) is 0 Å². The molecule has 0 bridgehead atoms. The Morgan fingerprint density at radius 3 is 1.00 bits per heavy atom. The molecule has 3 rings (SSSR count). The molecule has 0 aliphatic rings. The summed E-state index contributed by atoms with van der Waals surface area (Å²) in [5.41, 5.74) is 0. The zero-order valence-corrected chi connectivity index (χ0v) is 15.4. The van der Waals surface area contributed by atoms with Crippen LogP contribution in [0.3, 0.4) is 0 Å².